The van der Waals surface area contributed by atoms with E-state index in [1.54, 1.807) is 13.0 Å². The number of benzene rings is 2. The maximum Gasteiger partial charge on any atom is 0.419 e. The lowest BCUT2D eigenvalue weighted by Gasteiger charge is -2.13. The predicted octanol–water partition coefficient (Wildman–Crippen LogP) is 5.27. The van der Waals surface area contributed by atoms with Gasteiger partial charge in [-0.3, -0.25) is 9.79 Å². The van der Waals surface area contributed by atoms with Crippen molar-refractivity contribution >= 4 is 35.9 Å². The second-order valence-electron chi connectivity index (χ2n) is 7.86. The minimum absolute atomic E-state index is 0.0206. The molecule has 0 heterocycles. The van der Waals surface area contributed by atoms with Gasteiger partial charge in [-0.1, -0.05) is 0 Å². The number of rotatable bonds is 7. The number of anilines is 2. The minimum atomic E-state index is -4.90. The molecule has 1 aliphatic carbocycles. The van der Waals surface area contributed by atoms with Gasteiger partial charge in [-0.25, -0.2) is 14.2 Å². The summed E-state index contributed by atoms with van der Waals surface area (Å²) in [6, 6.07) is 5.99. The van der Waals surface area contributed by atoms with E-state index in [9.17, 15) is 27.2 Å². The van der Waals surface area contributed by atoms with Crippen LogP contribution in [0.2, 0.25) is 0 Å². The molecule has 0 radical (unpaired) electrons. The Kier molecular flexibility index (Phi) is 8.07. The quantitative estimate of drug-likeness (QED) is 0.271. The number of hydrogen-bond acceptors (Lipinski definition) is 5. The van der Waals surface area contributed by atoms with Gasteiger partial charge in [-0.15, -0.1) is 0 Å². The molecule has 3 N–H and O–H groups in total. The number of hydrogen-bond donors (Lipinski definition) is 3. The van der Waals surface area contributed by atoms with Crippen LogP contribution in [0.25, 0.3) is 0 Å². The van der Waals surface area contributed by atoms with Gasteiger partial charge in [0.15, 0.2) is 0 Å². The highest BCUT2D eigenvalue weighted by Gasteiger charge is 2.34. The second-order valence-corrected chi connectivity index (χ2v) is 7.86. The molecule has 12 heteroatoms. The minimum Gasteiger partial charge on any atom is -0.439 e. The summed E-state index contributed by atoms with van der Waals surface area (Å²) in [6.07, 6.45) is -1.82. The first-order valence-corrected chi connectivity index (χ1v) is 10.7. The Labute approximate surface area is 204 Å². The Bertz CT molecular complexity index is 1240. The average molecular weight is 505 g/mol. The third-order valence-corrected chi connectivity index (χ3v) is 5.05. The SMILES string of the molecule is C=N/C(=C\C(=NC)Oc1ccc(NC(=O)Nc2ccc(F)c(C(F)(F)F)c2)c(C)c1)NC(=O)C1CC1. The van der Waals surface area contributed by atoms with Gasteiger partial charge in [0, 0.05) is 30.4 Å². The number of urea groups is 1. The molecule has 0 saturated heterocycles. The van der Waals surface area contributed by atoms with Crippen molar-refractivity contribution < 1.29 is 31.9 Å². The van der Waals surface area contributed by atoms with E-state index < -0.39 is 23.6 Å². The van der Waals surface area contributed by atoms with E-state index in [-0.39, 0.29) is 29.2 Å². The molecule has 0 atom stereocenters. The van der Waals surface area contributed by atoms with Crippen LogP contribution in [-0.4, -0.2) is 31.6 Å². The first-order chi connectivity index (χ1) is 17.0. The number of ether oxygens (including phenoxy) is 1. The lowest BCUT2D eigenvalue weighted by Crippen LogP contribution is -2.24. The van der Waals surface area contributed by atoms with Crippen molar-refractivity contribution in [2.75, 3.05) is 17.7 Å². The van der Waals surface area contributed by atoms with Crippen LogP contribution < -0.4 is 20.7 Å². The first kappa shape index (κ1) is 26.4. The van der Waals surface area contributed by atoms with Gasteiger partial charge in [-0.05, 0) is 68.4 Å². The molecule has 2 aromatic rings. The summed E-state index contributed by atoms with van der Waals surface area (Å²) >= 11 is 0. The Morgan fingerprint density at radius 3 is 2.44 bits per heavy atom. The number of carbonyl (C=O) groups excluding carboxylic acids is 2. The summed E-state index contributed by atoms with van der Waals surface area (Å²) in [4.78, 5) is 32.0. The zero-order valence-electron chi connectivity index (χ0n) is 19.4. The van der Waals surface area contributed by atoms with Gasteiger partial charge >= 0.3 is 12.2 Å². The van der Waals surface area contributed by atoms with E-state index in [0.29, 0.717) is 29.1 Å². The van der Waals surface area contributed by atoms with Crippen LogP contribution in [0.15, 0.2) is 58.3 Å². The maximum atomic E-state index is 13.4. The summed E-state index contributed by atoms with van der Waals surface area (Å²) in [5.74, 6) is -0.917. The average Bonchev–Trinajstić information content (AvgIpc) is 3.66. The van der Waals surface area contributed by atoms with Crippen LogP contribution >= 0.6 is 0 Å². The number of carbonyl (C=O) groups is 2. The zero-order chi connectivity index (χ0) is 26.5. The van der Waals surface area contributed by atoms with Crippen molar-refractivity contribution in [1.29, 1.82) is 0 Å². The number of nitrogens with zero attached hydrogens (tertiary/aromatic N) is 2. The summed E-state index contributed by atoms with van der Waals surface area (Å²) in [7, 11) is 1.49. The Hall–Kier alpha value is -4.22. The molecular formula is C24H23F4N5O3. The van der Waals surface area contributed by atoms with Gasteiger partial charge in [0.2, 0.25) is 11.8 Å². The second kappa shape index (κ2) is 11.0. The van der Waals surface area contributed by atoms with E-state index in [4.69, 9.17) is 4.74 Å². The summed E-state index contributed by atoms with van der Waals surface area (Å²) in [5.41, 5.74) is -0.785. The fourth-order valence-corrected chi connectivity index (χ4v) is 3.02. The van der Waals surface area contributed by atoms with Crippen LogP contribution in [0.3, 0.4) is 0 Å². The molecule has 3 rings (SSSR count). The lowest BCUT2D eigenvalue weighted by atomic mass is 10.2. The summed E-state index contributed by atoms with van der Waals surface area (Å²) in [5, 5.41) is 7.41. The molecular weight excluding hydrogens is 482 g/mol. The van der Waals surface area contributed by atoms with Gasteiger partial charge in [0.25, 0.3) is 0 Å². The molecule has 0 aromatic heterocycles. The van der Waals surface area contributed by atoms with Crippen LogP contribution in [0, 0.1) is 18.7 Å². The smallest absolute Gasteiger partial charge is 0.419 e. The molecule has 0 aliphatic heterocycles. The van der Waals surface area contributed by atoms with Gasteiger partial charge in [0.1, 0.15) is 17.4 Å². The van der Waals surface area contributed by atoms with E-state index in [0.717, 1.165) is 18.9 Å². The van der Waals surface area contributed by atoms with Crippen LogP contribution in [0.5, 0.6) is 5.75 Å². The Morgan fingerprint density at radius 1 is 1.14 bits per heavy atom. The number of aryl methyl sites for hydroxylation is 1. The number of aliphatic imine (C=N–C) groups is 2. The van der Waals surface area contributed by atoms with Crippen LogP contribution in [0.4, 0.5) is 33.7 Å². The molecule has 190 valence electrons. The Balaban J connectivity index is 1.65. The third-order valence-electron chi connectivity index (χ3n) is 5.05. The largest absolute Gasteiger partial charge is 0.439 e. The molecule has 2 aromatic carbocycles. The molecule has 0 bridgehead atoms. The zero-order valence-corrected chi connectivity index (χ0v) is 19.4. The molecule has 1 fully saturated rings. The fraction of sp³-hybridized carbons (Fsp3) is 0.250. The van der Waals surface area contributed by atoms with Crippen LogP contribution in [-0.2, 0) is 11.0 Å². The number of nitrogens with one attached hydrogen (secondary N) is 3. The maximum absolute atomic E-state index is 13.4. The van der Waals surface area contributed by atoms with Crippen molar-refractivity contribution in [2.24, 2.45) is 15.9 Å². The van der Waals surface area contributed by atoms with Gasteiger partial charge in [-0.2, -0.15) is 13.2 Å². The highest BCUT2D eigenvalue weighted by atomic mass is 19.4. The highest BCUT2D eigenvalue weighted by Crippen LogP contribution is 2.33. The molecule has 8 nitrogen and oxygen atoms in total. The van der Waals surface area contributed by atoms with Crippen molar-refractivity contribution in [3.05, 3.63) is 65.2 Å². The first-order valence-electron chi connectivity index (χ1n) is 10.7. The van der Waals surface area contributed by atoms with Gasteiger partial charge in [0.05, 0.1) is 5.56 Å². The predicted molar refractivity (Wildman–Crippen MR) is 128 cm³/mol. The normalized spacial score (nSPS) is 14.2. The third kappa shape index (κ3) is 7.14. The molecule has 1 aliphatic rings. The highest BCUT2D eigenvalue weighted by molar-refractivity contribution is 6.00. The number of amides is 3. The van der Waals surface area contributed by atoms with Crippen molar-refractivity contribution in [1.82, 2.24) is 5.32 Å². The van der Waals surface area contributed by atoms with E-state index in [1.165, 1.54) is 25.3 Å². The number of alkyl halides is 3. The number of halogens is 4. The van der Waals surface area contributed by atoms with E-state index >= 15 is 0 Å². The van der Waals surface area contributed by atoms with E-state index in [1.807, 2.05) is 0 Å². The van der Waals surface area contributed by atoms with Gasteiger partial charge < -0.3 is 20.7 Å². The molecule has 3 amide bonds. The lowest BCUT2D eigenvalue weighted by molar-refractivity contribution is -0.140. The van der Waals surface area contributed by atoms with E-state index in [2.05, 4.69) is 32.7 Å². The molecule has 1 saturated carbocycles. The molecule has 0 unspecified atom stereocenters. The van der Waals surface area contributed by atoms with Crippen molar-refractivity contribution in [2.45, 2.75) is 25.9 Å². The molecule has 0 spiro atoms. The summed E-state index contributed by atoms with van der Waals surface area (Å²) in [6.45, 7) is 5.10. The van der Waals surface area contributed by atoms with Crippen LogP contribution in [0.1, 0.15) is 24.0 Å². The van der Waals surface area contributed by atoms with Crippen molar-refractivity contribution in [3.8, 4) is 5.75 Å². The Morgan fingerprint density at radius 2 is 1.86 bits per heavy atom. The monoisotopic (exact) mass is 505 g/mol. The standard InChI is InChI=1S/C24H23F4N5O3/c1-13-10-16(36-21(30-3)12-20(29-2)33-22(34)14-4-5-14)7-9-19(13)32-23(35)31-15-6-8-18(25)17(11-15)24(26,27)28/h6-12,14H,2,4-5H2,1,3H3,(H,33,34)(H2,31,32,35)/b20-12+,30-21?. The fourth-order valence-electron chi connectivity index (χ4n) is 3.02. The molecule has 36 heavy (non-hydrogen) atoms. The van der Waals surface area contributed by atoms with Crippen molar-refractivity contribution in [3.63, 3.8) is 0 Å². The topological polar surface area (TPSA) is 104 Å². The summed E-state index contributed by atoms with van der Waals surface area (Å²) < 4.78 is 57.8.